The lowest BCUT2D eigenvalue weighted by Gasteiger charge is -2.13. The molecule has 0 spiro atoms. The van der Waals surface area contributed by atoms with Crippen LogP contribution in [0.3, 0.4) is 0 Å². The Morgan fingerprint density at radius 2 is 1.61 bits per heavy atom. The van der Waals surface area contributed by atoms with E-state index in [-0.39, 0.29) is 17.3 Å². The Morgan fingerprint density at radius 1 is 0.879 bits per heavy atom. The molecule has 0 aliphatic heterocycles. The molecule has 1 aromatic heterocycles. The van der Waals surface area contributed by atoms with Gasteiger partial charge in [0.2, 0.25) is 11.6 Å². The molecule has 1 heterocycles. The number of anilines is 3. The van der Waals surface area contributed by atoms with Crippen LogP contribution in [0.5, 0.6) is 23.0 Å². The Labute approximate surface area is 190 Å². The molecule has 0 saturated heterocycles. The highest BCUT2D eigenvalue weighted by molar-refractivity contribution is 5.76. The molecule has 0 amide bonds. The highest BCUT2D eigenvalue weighted by Crippen LogP contribution is 2.36. The quantitative estimate of drug-likeness (QED) is 0.325. The predicted molar refractivity (Wildman–Crippen MR) is 123 cm³/mol. The molecule has 11 heteroatoms. The molecule has 3 aromatic rings. The molecule has 0 unspecified atom stereocenters. The molecule has 0 fully saturated rings. The van der Waals surface area contributed by atoms with Crippen molar-refractivity contribution in [1.82, 2.24) is 9.97 Å². The van der Waals surface area contributed by atoms with E-state index < -0.39 is 4.92 Å². The molecule has 0 radical (unpaired) electrons. The third kappa shape index (κ3) is 5.50. The maximum atomic E-state index is 11.8. The van der Waals surface area contributed by atoms with Crippen molar-refractivity contribution in [2.75, 3.05) is 45.6 Å². The Morgan fingerprint density at radius 3 is 2.27 bits per heavy atom. The zero-order valence-electron chi connectivity index (χ0n) is 18.7. The predicted octanol–water partition coefficient (Wildman–Crippen LogP) is 3.82. The van der Waals surface area contributed by atoms with E-state index in [1.807, 2.05) is 18.2 Å². The van der Waals surface area contributed by atoms with Crippen LogP contribution in [0, 0.1) is 10.1 Å². The van der Waals surface area contributed by atoms with Crippen molar-refractivity contribution in [3.05, 3.63) is 58.4 Å². The molecule has 0 saturated carbocycles. The zero-order valence-corrected chi connectivity index (χ0v) is 18.7. The first-order valence-corrected chi connectivity index (χ1v) is 9.94. The highest BCUT2D eigenvalue weighted by Gasteiger charge is 2.24. The van der Waals surface area contributed by atoms with Gasteiger partial charge >= 0.3 is 5.69 Å². The fourth-order valence-electron chi connectivity index (χ4n) is 3.16. The summed E-state index contributed by atoms with van der Waals surface area (Å²) in [5, 5.41) is 17.8. The van der Waals surface area contributed by atoms with Crippen LogP contribution >= 0.6 is 0 Å². The Kier molecular flexibility index (Phi) is 7.68. The average Bonchev–Trinajstić information content (AvgIpc) is 2.84. The first kappa shape index (κ1) is 23.4. The fourth-order valence-corrected chi connectivity index (χ4v) is 3.16. The second-order valence-electron chi connectivity index (χ2n) is 6.73. The van der Waals surface area contributed by atoms with Gasteiger partial charge in [0.15, 0.2) is 11.5 Å². The van der Waals surface area contributed by atoms with E-state index in [0.29, 0.717) is 41.7 Å². The van der Waals surface area contributed by atoms with Crippen molar-refractivity contribution in [1.29, 1.82) is 0 Å². The normalized spacial score (nSPS) is 10.3. The summed E-state index contributed by atoms with van der Waals surface area (Å²) in [6, 6.07) is 10.6. The van der Waals surface area contributed by atoms with Crippen molar-refractivity contribution in [2.45, 2.75) is 6.42 Å². The molecule has 0 aliphatic rings. The van der Waals surface area contributed by atoms with Crippen LogP contribution < -0.4 is 29.6 Å². The summed E-state index contributed by atoms with van der Waals surface area (Å²) in [5.41, 5.74) is 1.19. The van der Waals surface area contributed by atoms with E-state index in [9.17, 15) is 10.1 Å². The van der Waals surface area contributed by atoms with Crippen LogP contribution in [0.4, 0.5) is 23.0 Å². The second kappa shape index (κ2) is 10.8. The van der Waals surface area contributed by atoms with Gasteiger partial charge in [-0.1, -0.05) is 6.07 Å². The minimum absolute atomic E-state index is 0.0343. The summed E-state index contributed by atoms with van der Waals surface area (Å²) in [6.45, 7) is 0.401. The van der Waals surface area contributed by atoms with Crippen molar-refractivity contribution in [3.8, 4) is 23.0 Å². The van der Waals surface area contributed by atoms with Crippen molar-refractivity contribution in [3.63, 3.8) is 0 Å². The van der Waals surface area contributed by atoms with Crippen LogP contribution in [0.2, 0.25) is 0 Å². The standard InChI is InChI=1S/C22H25N5O6/c1-30-15-6-7-16(18(12-15)32-3)26-22-20(27(28)29)21(24-13-25-22)23-10-9-14-5-8-17(31-2)19(11-14)33-4/h5-8,11-13H,9-10H2,1-4H3,(H2,23,24,25,26). The fraction of sp³-hybridized carbons (Fsp3) is 0.273. The Bertz CT molecular complexity index is 1120. The first-order valence-electron chi connectivity index (χ1n) is 9.94. The minimum Gasteiger partial charge on any atom is -0.497 e. The SMILES string of the molecule is COc1ccc(Nc2ncnc(NCCc3ccc(OC)c(OC)c3)c2[N+](=O)[O-])c(OC)c1. The van der Waals surface area contributed by atoms with Crippen LogP contribution in [0.25, 0.3) is 0 Å². The summed E-state index contributed by atoms with van der Waals surface area (Å²) in [6.07, 6.45) is 1.83. The zero-order chi connectivity index (χ0) is 23.8. The van der Waals surface area contributed by atoms with Gasteiger partial charge in [0.1, 0.15) is 17.8 Å². The topological polar surface area (TPSA) is 130 Å². The van der Waals surface area contributed by atoms with Gasteiger partial charge < -0.3 is 29.6 Å². The highest BCUT2D eigenvalue weighted by atomic mass is 16.6. The molecule has 0 atom stereocenters. The number of hydrogen-bond donors (Lipinski definition) is 2. The van der Waals surface area contributed by atoms with Crippen LogP contribution in [0.1, 0.15) is 5.56 Å². The lowest BCUT2D eigenvalue weighted by molar-refractivity contribution is -0.383. The van der Waals surface area contributed by atoms with Gasteiger partial charge in [-0.2, -0.15) is 0 Å². The number of ether oxygens (including phenoxy) is 4. The lowest BCUT2D eigenvalue weighted by Crippen LogP contribution is -2.11. The molecule has 174 valence electrons. The molecule has 0 aliphatic carbocycles. The maximum Gasteiger partial charge on any atom is 0.353 e. The number of nitro groups is 1. The van der Waals surface area contributed by atoms with E-state index in [0.717, 1.165) is 5.56 Å². The van der Waals surface area contributed by atoms with Gasteiger partial charge in [0.05, 0.1) is 39.0 Å². The summed E-state index contributed by atoms with van der Waals surface area (Å²) in [4.78, 5) is 19.4. The van der Waals surface area contributed by atoms with E-state index in [1.54, 1.807) is 32.4 Å². The van der Waals surface area contributed by atoms with Gasteiger partial charge in [0.25, 0.3) is 0 Å². The number of nitrogens with zero attached hydrogens (tertiary/aromatic N) is 3. The van der Waals surface area contributed by atoms with E-state index in [1.165, 1.54) is 20.5 Å². The smallest absolute Gasteiger partial charge is 0.353 e. The van der Waals surface area contributed by atoms with E-state index >= 15 is 0 Å². The molecular weight excluding hydrogens is 430 g/mol. The van der Waals surface area contributed by atoms with Crippen molar-refractivity contribution < 1.29 is 23.9 Å². The largest absolute Gasteiger partial charge is 0.497 e. The third-order valence-electron chi connectivity index (χ3n) is 4.82. The van der Waals surface area contributed by atoms with E-state index in [2.05, 4.69) is 20.6 Å². The second-order valence-corrected chi connectivity index (χ2v) is 6.73. The lowest BCUT2D eigenvalue weighted by atomic mass is 10.1. The van der Waals surface area contributed by atoms with Crippen molar-refractivity contribution in [2.24, 2.45) is 0 Å². The molecular formula is C22H25N5O6. The average molecular weight is 455 g/mol. The molecule has 33 heavy (non-hydrogen) atoms. The Balaban J connectivity index is 1.79. The molecule has 2 aromatic carbocycles. The number of aromatic nitrogens is 2. The first-order chi connectivity index (χ1) is 16.0. The van der Waals surface area contributed by atoms with Gasteiger partial charge in [0, 0.05) is 12.6 Å². The molecule has 2 N–H and O–H groups in total. The number of benzene rings is 2. The number of hydrogen-bond acceptors (Lipinski definition) is 10. The summed E-state index contributed by atoms with van der Waals surface area (Å²) in [7, 11) is 6.17. The van der Waals surface area contributed by atoms with Crippen LogP contribution in [0.15, 0.2) is 42.7 Å². The summed E-state index contributed by atoms with van der Waals surface area (Å²) in [5.74, 6) is 2.42. The summed E-state index contributed by atoms with van der Waals surface area (Å²) >= 11 is 0. The van der Waals surface area contributed by atoms with Crippen LogP contribution in [-0.2, 0) is 6.42 Å². The van der Waals surface area contributed by atoms with Crippen LogP contribution in [-0.4, -0.2) is 49.9 Å². The third-order valence-corrected chi connectivity index (χ3v) is 4.82. The van der Waals surface area contributed by atoms with Gasteiger partial charge in [-0.05, 0) is 36.2 Å². The van der Waals surface area contributed by atoms with Gasteiger partial charge in [-0.15, -0.1) is 0 Å². The van der Waals surface area contributed by atoms with Crippen molar-refractivity contribution >= 4 is 23.0 Å². The number of nitrogens with one attached hydrogen (secondary N) is 2. The van der Waals surface area contributed by atoms with Gasteiger partial charge in [-0.3, -0.25) is 10.1 Å². The monoisotopic (exact) mass is 455 g/mol. The molecule has 11 nitrogen and oxygen atoms in total. The minimum atomic E-state index is -0.531. The molecule has 0 bridgehead atoms. The maximum absolute atomic E-state index is 11.8. The summed E-state index contributed by atoms with van der Waals surface area (Å²) < 4.78 is 21.1. The Hall–Kier alpha value is -4.28. The number of rotatable bonds is 11. The molecule has 3 rings (SSSR count). The van der Waals surface area contributed by atoms with E-state index in [4.69, 9.17) is 18.9 Å². The number of methoxy groups -OCH3 is 4. The van der Waals surface area contributed by atoms with Gasteiger partial charge in [-0.25, -0.2) is 9.97 Å².